The third-order valence-corrected chi connectivity index (χ3v) is 6.00. The standard InChI is InChI=1S/C23H21N3O7S/c1-32-19-10-13-21(22(15-19)33-2)25-34(30,31)20-11-6-17(7-12-20)24-23(27)14-5-16-3-8-18(9-4-16)26(28)29/h3-15,25H,1-2H3,(H,24,27)/b14-5+. The first kappa shape index (κ1) is 24.3. The summed E-state index contributed by atoms with van der Waals surface area (Å²) in [7, 11) is -1.00. The van der Waals surface area contributed by atoms with Crippen molar-refractivity contribution in [3.63, 3.8) is 0 Å². The van der Waals surface area contributed by atoms with E-state index in [1.54, 1.807) is 12.1 Å². The maximum atomic E-state index is 12.7. The van der Waals surface area contributed by atoms with Crippen LogP contribution < -0.4 is 19.5 Å². The van der Waals surface area contributed by atoms with Crippen LogP contribution in [0.2, 0.25) is 0 Å². The van der Waals surface area contributed by atoms with Crippen LogP contribution in [0, 0.1) is 10.1 Å². The van der Waals surface area contributed by atoms with Crippen LogP contribution >= 0.6 is 0 Å². The van der Waals surface area contributed by atoms with Crippen LogP contribution in [0.3, 0.4) is 0 Å². The first-order valence-corrected chi connectivity index (χ1v) is 11.3. The van der Waals surface area contributed by atoms with Gasteiger partial charge in [0, 0.05) is 30.0 Å². The molecule has 3 rings (SSSR count). The summed E-state index contributed by atoms with van der Waals surface area (Å²) in [6.07, 6.45) is 2.77. The maximum absolute atomic E-state index is 12.7. The highest BCUT2D eigenvalue weighted by Gasteiger charge is 2.17. The number of sulfonamides is 1. The summed E-state index contributed by atoms with van der Waals surface area (Å²) >= 11 is 0. The molecule has 0 spiro atoms. The molecule has 0 radical (unpaired) electrons. The minimum absolute atomic E-state index is 0.00945. The number of hydrogen-bond donors (Lipinski definition) is 2. The molecule has 10 nitrogen and oxygen atoms in total. The molecule has 0 aliphatic carbocycles. The number of nitro benzene ring substituents is 1. The van der Waals surface area contributed by atoms with E-state index in [-0.39, 0.29) is 16.3 Å². The molecule has 0 saturated heterocycles. The predicted molar refractivity (Wildman–Crippen MR) is 128 cm³/mol. The average Bonchev–Trinajstić information content (AvgIpc) is 2.83. The lowest BCUT2D eigenvalue weighted by Gasteiger charge is -2.13. The van der Waals surface area contributed by atoms with E-state index in [0.717, 1.165) is 0 Å². The van der Waals surface area contributed by atoms with Gasteiger partial charge in [0.2, 0.25) is 5.91 Å². The smallest absolute Gasteiger partial charge is 0.269 e. The van der Waals surface area contributed by atoms with E-state index >= 15 is 0 Å². The molecule has 11 heteroatoms. The highest BCUT2D eigenvalue weighted by atomic mass is 32.2. The Morgan fingerprint density at radius 3 is 2.24 bits per heavy atom. The molecule has 0 aliphatic rings. The second-order valence-corrected chi connectivity index (χ2v) is 8.55. The molecule has 0 saturated carbocycles. The number of nitrogens with one attached hydrogen (secondary N) is 2. The molecule has 1 amide bonds. The van der Waals surface area contributed by atoms with Gasteiger partial charge >= 0.3 is 0 Å². The minimum Gasteiger partial charge on any atom is -0.497 e. The number of carbonyl (C=O) groups excluding carboxylic acids is 1. The summed E-state index contributed by atoms with van der Waals surface area (Å²) in [5.74, 6) is 0.365. The van der Waals surface area contributed by atoms with Crippen molar-refractivity contribution in [3.05, 3.63) is 88.5 Å². The van der Waals surface area contributed by atoms with Gasteiger partial charge in [0.15, 0.2) is 0 Å². The zero-order chi connectivity index (χ0) is 24.7. The van der Waals surface area contributed by atoms with Crippen LogP contribution in [0.25, 0.3) is 6.08 Å². The van der Waals surface area contributed by atoms with Gasteiger partial charge in [-0.25, -0.2) is 8.42 Å². The molecule has 0 unspecified atom stereocenters. The number of non-ortho nitro benzene ring substituents is 1. The topological polar surface area (TPSA) is 137 Å². The fourth-order valence-electron chi connectivity index (χ4n) is 2.87. The number of carbonyl (C=O) groups is 1. The van der Waals surface area contributed by atoms with Gasteiger partial charge in [0.05, 0.1) is 29.7 Å². The van der Waals surface area contributed by atoms with Crippen LogP contribution in [-0.4, -0.2) is 33.5 Å². The number of ether oxygens (including phenoxy) is 2. The second-order valence-electron chi connectivity index (χ2n) is 6.87. The van der Waals surface area contributed by atoms with Crippen LogP contribution in [0.5, 0.6) is 11.5 Å². The molecule has 2 N–H and O–H groups in total. The Morgan fingerprint density at radius 2 is 1.65 bits per heavy atom. The lowest BCUT2D eigenvalue weighted by Crippen LogP contribution is -2.14. The van der Waals surface area contributed by atoms with E-state index in [9.17, 15) is 23.3 Å². The van der Waals surface area contributed by atoms with Crippen molar-refractivity contribution < 1.29 is 27.6 Å². The molecule has 34 heavy (non-hydrogen) atoms. The number of amides is 1. The molecule has 176 valence electrons. The summed E-state index contributed by atoms with van der Waals surface area (Å²) in [6.45, 7) is 0. The zero-order valence-electron chi connectivity index (χ0n) is 18.2. The van der Waals surface area contributed by atoms with Crippen LogP contribution in [0.15, 0.2) is 77.7 Å². The summed E-state index contributed by atoms with van der Waals surface area (Å²) in [6, 6.07) is 16.0. The van der Waals surface area contributed by atoms with Crippen molar-refractivity contribution in [2.24, 2.45) is 0 Å². The number of hydrogen-bond acceptors (Lipinski definition) is 7. The number of anilines is 2. The van der Waals surface area contributed by atoms with E-state index in [1.165, 1.54) is 81.0 Å². The third kappa shape index (κ3) is 6.11. The lowest BCUT2D eigenvalue weighted by atomic mass is 10.2. The monoisotopic (exact) mass is 483 g/mol. The molecular formula is C23H21N3O7S. The van der Waals surface area contributed by atoms with Crippen molar-refractivity contribution in [1.29, 1.82) is 0 Å². The van der Waals surface area contributed by atoms with E-state index in [1.807, 2.05) is 0 Å². The molecule has 0 fully saturated rings. The number of nitro groups is 1. The van der Waals surface area contributed by atoms with Crippen molar-refractivity contribution in [3.8, 4) is 11.5 Å². The van der Waals surface area contributed by atoms with Gasteiger partial charge in [-0.05, 0) is 60.2 Å². The van der Waals surface area contributed by atoms with Crippen LogP contribution in [0.4, 0.5) is 17.1 Å². The van der Waals surface area contributed by atoms with Crippen molar-refractivity contribution >= 4 is 39.1 Å². The van der Waals surface area contributed by atoms with Gasteiger partial charge in [-0.2, -0.15) is 0 Å². The molecular weight excluding hydrogens is 462 g/mol. The van der Waals surface area contributed by atoms with Gasteiger partial charge < -0.3 is 14.8 Å². The zero-order valence-corrected chi connectivity index (χ0v) is 19.0. The largest absolute Gasteiger partial charge is 0.497 e. The highest BCUT2D eigenvalue weighted by Crippen LogP contribution is 2.31. The molecule has 0 aromatic heterocycles. The summed E-state index contributed by atoms with van der Waals surface area (Å²) in [5.41, 5.74) is 1.20. The SMILES string of the molecule is COc1ccc(NS(=O)(=O)c2ccc(NC(=O)/C=C/c3ccc([N+](=O)[O-])cc3)cc2)c(OC)c1. The summed E-state index contributed by atoms with van der Waals surface area (Å²) in [4.78, 5) is 22.3. The second kappa shape index (κ2) is 10.5. The summed E-state index contributed by atoms with van der Waals surface area (Å²) < 4.78 is 38.3. The van der Waals surface area contributed by atoms with Gasteiger partial charge in [-0.15, -0.1) is 0 Å². The summed E-state index contributed by atoms with van der Waals surface area (Å²) in [5, 5.41) is 13.3. The van der Waals surface area contributed by atoms with Crippen molar-refractivity contribution in [2.75, 3.05) is 24.3 Å². The number of rotatable bonds is 9. The highest BCUT2D eigenvalue weighted by molar-refractivity contribution is 7.92. The number of benzene rings is 3. The van der Waals surface area contributed by atoms with Crippen LogP contribution in [-0.2, 0) is 14.8 Å². The minimum atomic E-state index is -3.91. The fourth-order valence-corrected chi connectivity index (χ4v) is 3.94. The van der Waals surface area contributed by atoms with Crippen molar-refractivity contribution in [1.82, 2.24) is 0 Å². The Bertz CT molecular complexity index is 1320. The van der Waals surface area contributed by atoms with E-state index < -0.39 is 20.9 Å². The normalized spacial score (nSPS) is 11.1. The first-order valence-electron chi connectivity index (χ1n) is 9.80. The molecule has 0 bridgehead atoms. The number of nitrogens with zero attached hydrogens (tertiary/aromatic N) is 1. The van der Waals surface area contributed by atoms with E-state index in [2.05, 4.69) is 10.0 Å². The van der Waals surface area contributed by atoms with Gasteiger partial charge in [0.25, 0.3) is 15.7 Å². The van der Waals surface area contributed by atoms with E-state index in [4.69, 9.17) is 9.47 Å². The Kier molecular flexibility index (Phi) is 7.49. The predicted octanol–water partition coefficient (Wildman–Crippen LogP) is 4.06. The maximum Gasteiger partial charge on any atom is 0.269 e. The molecule has 0 heterocycles. The lowest BCUT2D eigenvalue weighted by molar-refractivity contribution is -0.384. The average molecular weight is 484 g/mol. The van der Waals surface area contributed by atoms with Crippen LogP contribution in [0.1, 0.15) is 5.56 Å². The first-order chi connectivity index (χ1) is 16.2. The van der Waals surface area contributed by atoms with Gasteiger partial charge in [0.1, 0.15) is 11.5 Å². The number of methoxy groups -OCH3 is 2. The van der Waals surface area contributed by atoms with Gasteiger partial charge in [-0.1, -0.05) is 0 Å². The van der Waals surface area contributed by atoms with Crippen molar-refractivity contribution in [2.45, 2.75) is 4.90 Å². The molecule has 3 aromatic rings. The Hall–Kier alpha value is -4.38. The quantitative estimate of drug-likeness (QED) is 0.266. The fraction of sp³-hybridized carbons (Fsp3) is 0.0870. The van der Waals surface area contributed by atoms with Gasteiger partial charge in [-0.3, -0.25) is 19.6 Å². The Morgan fingerprint density at radius 1 is 0.971 bits per heavy atom. The Balaban J connectivity index is 1.66. The third-order valence-electron chi connectivity index (χ3n) is 4.62. The molecule has 3 aromatic carbocycles. The Labute approximate surface area is 196 Å². The van der Waals surface area contributed by atoms with E-state index in [0.29, 0.717) is 22.7 Å². The molecule has 0 atom stereocenters. The molecule has 0 aliphatic heterocycles.